The highest BCUT2D eigenvalue weighted by Crippen LogP contribution is 2.34. The van der Waals surface area contributed by atoms with Crippen molar-refractivity contribution < 1.29 is 17.6 Å². The van der Waals surface area contributed by atoms with E-state index in [0.717, 1.165) is 12.3 Å². The van der Waals surface area contributed by atoms with Crippen LogP contribution in [0.15, 0.2) is 26.8 Å². The molecule has 0 unspecified atom stereocenters. The number of hydrogen-bond donors (Lipinski definition) is 2. The molecule has 1 rings (SSSR count). The van der Waals surface area contributed by atoms with Crippen LogP contribution in [0.3, 0.4) is 0 Å². The fraction of sp³-hybridized carbons (Fsp3) is 0.111. The molecular formula is C9H7BrF4N4. The molecule has 0 bridgehead atoms. The van der Waals surface area contributed by atoms with E-state index in [0.29, 0.717) is 6.07 Å². The SMILES string of the molecule is NC(N)=NN=Cc1c(Br)ccc(C(F)(F)F)c1F. The third-order valence-corrected chi connectivity index (χ3v) is 2.48. The molecule has 1 aromatic carbocycles. The van der Waals surface area contributed by atoms with E-state index >= 15 is 0 Å². The minimum absolute atomic E-state index is 0.0996. The first kappa shape index (κ1) is 14.4. The molecule has 0 amide bonds. The van der Waals surface area contributed by atoms with E-state index in [-0.39, 0.29) is 4.47 Å². The van der Waals surface area contributed by atoms with Crippen LogP contribution < -0.4 is 11.5 Å². The number of hydrogen-bond acceptors (Lipinski definition) is 2. The molecule has 0 fully saturated rings. The van der Waals surface area contributed by atoms with Crippen molar-refractivity contribution in [2.75, 3.05) is 0 Å². The van der Waals surface area contributed by atoms with Crippen LogP contribution in [0.5, 0.6) is 0 Å². The highest BCUT2D eigenvalue weighted by molar-refractivity contribution is 9.10. The minimum Gasteiger partial charge on any atom is -0.369 e. The molecule has 0 saturated heterocycles. The lowest BCUT2D eigenvalue weighted by Crippen LogP contribution is -2.21. The molecule has 0 spiro atoms. The lowest BCUT2D eigenvalue weighted by atomic mass is 10.1. The number of benzene rings is 1. The zero-order chi connectivity index (χ0) is 13.9. The van der Waals surface area contributed by atoms with Crippen molar-refractivity contribution in [1.29, 1.82) is 0 Å². The van der Waals surface area contributed by atoms with Gasteiger partial charge in [-0.25, -0.2) is 4.39 Å². The third kappa shape index (κ3) is 3.42. The normalized spacial score (nSPS) is 11.8. The van der Waals surface area contributed by atoms with Crippen molar-refractivity contribution in [2.24, 2.45) is 21.7 Å². The number of nitrogens with zero attached hydrogens (tertiary/aromatic N) is 2. The lowest BCUT2D eigenvalue weighted by Gasteiger charge is -2.10. The second-order valence-electron chi connectivity index (χ2n) is 3.09. The number of nitrogens with two attached hydrogens (primary N) is 2. The average Bonchev–Trinajstić information content (AvgIpc) is 2.20. The van der Waals surface area contributed by atoms with Crippen LogP contribution in [0.25, 0.3) is 0 Å². The Labute approximate surface area is 107 Å². The summed E-state index contributed by atoms with van der Waals surface area (Å²) in [5.41, 5.74) is 8.14. The summed E-state index contributed by atoms with van der Waals surface area (Å²) < 4.78 is 51.0. The molecule has 1 aromatic rings. The largest absolute Gasteiger partial charge is 0.419 e. The van der Waals surface area contributed by atoms with Crippen LogP contribution >= 0.6 is 15.9 Å². The molecule has 4 nitrogen and oxygen atoms in total. The monoisotopic (exact) mass is 326 g/mol. The maximum atomic E-state index is 13.6. The highest BCUT2D eigenvalue weighted by atomic mass is 79.9. The van der Waals surface area contributed by atoms with Crippen molar-refractivity contribution >= 4 is 28.1 Å². The quantitative estimate of drug-likeness (QED) is 0.378. The van der Waals surface area contributed by atoms with Crippen LogP contribution in [0, 0.1) is 5.82 Å². The van der Waals surface area contributed by atoms with Gasteiger partial charge in [0.15, 0.2) is 0 Å². The fourth-order valence-electron chi connectivity index (χ4n) is 1.06. The van der Waals surface area contributed by atoms with Gasteiger partial charge in [0.2, 0.25) is 5.96 Å². The molecule has 0 aliphatic heterocycles. The van der Waals surface area contributed by atoms with E-state index in [2.05, 4.69) is 26.1 Å². The van der Waals surface area contributed by atoms with Crippen LogP contribution in [0.4, 0.5) is 17.6 Å². The maximum Gasteiger partial charge on any atom is 0.419 e. The predicted octanol–water partition coefficient (Wildman–Crippen LogP) is 2.21. The van der Waals surface area contributed by atoms with E-state index in [9.17, 15) is 17.6 Å². The Morgan fingerprint density at radius 1 is 1.28 bits per heavy atom. The fourth-order valence-corrected chi connectivity index (χ4v) is 1.47. The van der Waals surface area contributed by atoms with Gasteiger partial charge in [0.05, 0.1) is 11.8 Å². The highest BCUT2D eigenvalue weighted by Gasteiger charge is 2.35. The van der Waals surface area contributed by atoms with E-state index in [1.807, 2.05) is 0 Å². The van der Waals surface area contributed by atoms with Crippen LogP contribution in [-0.2, 0) is 6.18 Å². The summed E-state index contributed by atoms with van der Waals surface area (Å²) in [5, 5.41) is 6.43. The number of halogens is 5. The Kier molecular flexibility index (Phi) is 4.28. The summed E-state index contributed by atoms with van der Waals surface area (Å²) in [6.45, 7) is 0. The average molecular weight is 327 g/mol. The molecule has 0 atom stereocenters. The van der Waals surface area contributed by atoms with Crippen molar-refractivity contribution in [1.82, 2.24) is 0 Å². The Bertz CT molecular complexity index is 506. The Morgan fingerprint density at radius 2 is 1.89 bits per heavy atom. The summed E-state index contributed by atoms with van der Waals surface area (Å²) >= 11 is 2.91. The van der Waals surface area contributed by atoms with Crippen molar-refractivity contribution in [3.8, 4) is 0 Å². The minimum atomic E-state index is -4.79. The first-order chi connectivity index (χ1) is 8.23. The zero-order valence-electron chi connectivity index (χ0n) is 8.67. The van der Waals surface area contributed by atoms with Gasteiger partial charge in [0.25, 0.3) is 0 Å². The molecule has 0 aliphatic carbocycles. The molecule has 98 valence electrons. The Balaban J connectivity index is 3.28. The summed E-state index contributed by atoms with van der Waals surface area (Å²) in [6.07, 6.45) is -4.00. The van der Waals surface area contributed by atoms with Crippen molar-refractivity contribution in [3.63, 3.8) is 0 Å². The number of alkyl halides is 3. The second-order valence-corrected chi connectivity index (χ2v) is 3.94. The van der Waals surface area contributed by atoms with Crippen LogP contribution in [0.2, 0.25) is 0 Å². The van der Waals surface area contributed by atoms with Crippen molar-refractivity contribution in [2.45, 2.75) is 6.18 Å². The van der Waals surface area contributed by atoms with Gasteiger partial charge < -0.3 is 11.5 Å². The topological polar surface area (TPSA) is 76.8 Å². The zero-order valence-corrected chi connectivity index (χ0v) is 10.3. The maximum absolute atomic E-state index is 13.6. The first-order valence-corrected chi connectivity index (χ1v) is 5.20. The summed E-state index contributed by atoms with van der Waals surface area (Å²) in [7, 11) is 0. The Hall–Kier alpha value is -1.64. The van der Waals surface area contributed by atoms with Crippen molar-refractivity contribution in [3.05, 3.63) is 33.5 Å². The van der Waals surface area contributed by atoms with Gasteiger partial charge in [0.1, 0.15) is 5.82 Å². The van der Waals surface area contributed by atoms with Crippen LogP contribution in [0.1, 0.15) is 11.1 Å². The van der Waals surface area contributed by atoms with Gasteiger partial charge in [0, 0.05) is 10.0 Å². The summed E-state index contributed by atoms with van der Waals surface area (Å²) in [4.78, 5) is 0. The van der Waals surface area contributed by atoms with Gasteiger partial charge >= 0.3 is 6.18 Å². The van der Waals surface area contributed by atoms with E-state index in [1.54, 1.807) is 0 Å². The lowest BCUT2D eigenvalue weighted by molar-refractivity contribution is -0.140. The number of rotatable bonds is 2. The van der Waals surface area contributed by atoms with Gasteiger partial charge in [-0.1, -0.05) is 15.9 Å². The molecule has 0 aromatic heterocycles. The molecule has 0 radical (unpaired) electrons. The molecule has 0 saturated carbocycles. The van der Waals surface area contributed by atoms with Gasteiger partial charge in [-0.15, -0.1) is 5.10 Å². The predicted molar refractivity (Wildman–Crippen MR) is 62.5 cm³/mol. The molecule has 9 heteroatoms. The molecule has 0 heterocycles. The first-order valence-electron chi connectivity index (χ1n) is 4.40. The van der Waals surface area contributed by atoms with Gasteiger partial charge in [-0.05, 0) is 12.1 Å². The molecular weight excluding hydrogens is 320 g/mol. The van der Waals surface area contributed by atoms with Gasteiger partial charge in [-0.2, -0.15) is 18.3 Å². The molecule has 18 heavy (non-hydrogen) atoms. The second kappa shape index (κ2) is 5.34. The summed E-state index contributed by atoms with van der Waals surface area (Å²) in [5.74, 6) is -1.85. The van der Waals surface area contributed by atoms with E-state index in [1.165, 1.54) is 0 Å². The van der Waals surface area contributed by atoms with E-state index in [4.69, 9.17) is 11.5 Å². The molecule has 4 N–H and O–H groups in total. The van der Waals surface area contributed by atoms with Gasteiger partial charge in [-0.3, -0.25) is 0 Å². The van der Waals surface area contributed by atoms with Crippen LogP contribution in [-0.4, -0.2) is 12.2 Å². The third-order valence-electron chi connectivity index (χ3n) is 1.79. The smallest absolute Gasteiger partial charge is 0.369 e. The Morgan fingerprint density at radius 3 is 2.39 bits per heavy atom. The standard InChI is InChI=1S/C9H7BrF4N4/c10-6-2-1-5(9(12,13)14)7(11)4(6)3-17-18-8(15)16/h1-3H,(H4,15,16,18). The van der Waals surface area contributed by atoms with E-state index < -0.39 is 29.1 Å². The summed E-state index contributed by atoms with van der Waals surface area (Å²) in [6, 6.07) is 1.68. The molecule has 0 aliphatic rings. The number of guanidine groups is 1.